The Hall–Kier alpha value is -3.16. The first-order chi connectivity index (χ1) is 15.2. The minimum atomic E-state index is -0.796. The van der Waals surface area contributed by atoms with Crippen LogP contribution in [0.4, 0.5) is 0 Å². The van der Waals surface area contributed by atoms with E-state index in [9.17, 15) is 14.7 Å². The molecule has 4 rings (SSSR count). The number of carbonyl (C=O) groups is 2. The summed E-state index contributed by atoms with van der Waals surface area (Å²) in [6, 6.07) is 9.90. The third kappa shape index (κ3) is 3.67. The van der Waals surface area contributed by atoms with Crippen molar-refractivity contribution < 1.29 is 19.6 Å². The van der Waals surface area contributed by atoms with Crippen molar-refractivity contribution in [2.75, 3.05) is 27.2 Å². The highest BCUT2D eigenvalue weighted by atomic mass is 35.5. The summed E-state index contributed by atoms with van der Waals surface area (Å²) in [6.07, 6.45) is 1.75. The number of likely N-dealkylation sites (tertiary alicyclic amines) is 1. The van der Waals surface area contributed by atoms with Crippen molar-refractivity contribution in [2.24, 2.45) is 0 Å². The summed E-state index contributed by atoms with van der Waals surface area (Å²) in [5.41, 5.74) is 2.95. The van der Waals surface area contributed by atoms with Crippen LogP contribution < -0.4 is 10.0 Å². The average Bonchev–Trinajstić information content (AvgIpc) is 3.21. The van der Waals surface area contributed by atoms with Gasteiger partial charge in [0.15, 0.2) is 0 Å². The summed E-state index contributed by atoms with van der Waals surface area (Å²) in [5, 5.41) is 14.3. The number of Topliss-reactive ketones (excluding diaryl/α,β-unsaturated/α-hetero) is 1. The molecule has 1 aliphatic heterocycles. The Morgan fingerprint density at radius 3 is 2.62 bits per heavy atom. The molecule has 166 valence electrons. The molecule has 1 amide bonds. The van der Waals surface area contributed by atoms with Crippen molar-refractivity contribution >= 4 is 34.7 Å². The summed E-state index contributed by atoms with van der Waals surface area (Å²) in [4.78, 5) is 33.3. The molecule has 1 aromatic carbocycles. The van der Waals surface area contributed by atoms with Gasteiger partial charge < -0.3 is 19.3 Å². The Morgan fingerprint density at radius 2 is 1.94 bits per heavy atom. The smallest absolute Gasteiger partial charge is 0.295 e. The highest BCUT2D eigenvalue weighted by Gasteiger charge is 2.44. The number of rotatable bonds is 5. The van der Waals surface area contributed by atoms with Crippen molar-refractivity contribution in [3.63, 3.8) is 0 Å². The number of benzene rings is 1. The number of imidazole rings is 1. The van der Waals surface area contributed by atoms with E-state index in [1.807, 2.05) is 33.2 Å². The second-order valence-corrected chi connectivity index (χ2v) is 8.85. The van der Waals surface area contributed by atoms with E-state index in [2.05, 4.69) is 4.98 Å². The van der Waals surface area contributed by atoms with E-state index in [4.69, 9.17) is 11.6 Å². The fourth-order valence-corrected chi connectivity index (χ4v) is 4.39. The molecule has 32 heavy (non-hydrogen) atoms. The molecule has 1 unspecified atom stereocenters. The normalized spacial score (nSPS) is 18.3. The monoisotopic (exact) mass is 452 g/mol. The predicted molar refractivity (Wildman–Crippen MR) is 120 cm³/mol. The molecule has 0 spiro atoms. The highest BCUT2D eigenvalue weighted by molar-refractivity contribution is 6.46. The zero-order chi connectivity index (χ0) is 23.2. The number of aromatic nitrogens is 2. The van der Waals surface area contributed by atoms with E-state index in [1.165, 1.54) is 4.90 Å². The van der Waals surface area contributed by atoms with Crippen LogP contribution in [0, 0.1) is 13.8 Å². The number of ketones is 1. The average molecular weight is 453 g/mol. The molecule has 0 radical (unpaired) electrons. The number of quaternary nitrogens is 1. The van der Waals surface area contributed by atoms with E-state index >= 15 is 0 Å². The molecule has 1 fully saturated rings. The van der Waals surface area contributed by atoms with Gasteiger partial charge in [0.25, 0.3) is 5.91 Å². The second-order valence-electron chi connectivity index (χ2n) is 8.42. The van der Waals surface area contributed by atoms with Gasteiger partial charge in [-0.2, -0.15) is 0 Å². The third-order valence-electron chi connectivity index (χ3n) is 5.78. The molecule has 3 heterocycles. The Kier molecular flexibility index (Phi) is 5.79. The fourth-order valence-electron chi connectivity index (χ4n) is 4.19. The van der Waals surface area contributed by atoms with Gasteiger partial charge in [0, 0.05) is 16.8 Å². The van der Waals surface area contributed by atoms with Crippen LogP contribution in [0.15, 0.2) is 48.2 Å². The standard InChI is InChI=1S/C24H25ClN4O3/c1-14-7-6-10-28-19(15(2)26-23(14)28)21(30)18-20(16-8-5-9-17(25)13-16)29(12-11-27(3)4)24(32)22(18)31/h5-10,13,20,30H,11-12H2,1-4H3. The van der Waals surface area contributed by atoms with E-state index in [-0.39, 0.29) is 5.57 Å². The molecule has 1 atom stereocenters. The maximum Gasteiger partial charge on any atom is 0.295 e. The lowest BCUT2D eigenvalue weighted by molar-refractivity contribution is -0.857. The van der Waals surface area contributed by atoms with Gasteiger partial charge in [-0.15, -0.1) is 0 Å². The van der Waals surface area contributed by atoms with E-state index < -0.39 is 23.5 Å². The molecule has 1 saturated heterocycles. The van der Waals surface area contributed by atoms with E-state index in [0.29, 0.717) is 40.7 Å². The van der Waals surface area contributed by atoms with Crippen molar-refractivity contribution in [3.05, 3.63) is 75.7 Å². The molecule has 3 aromatic rings. The maximum absolute atomic E-state index is 13.8. The van der Waals surface area contributed by atoms with Gasteiger partial charge in [0.2, 0.25) is 5.78 Å². The summed E-state index contributed by atoms with van der Waals surface area (Å²) < 4.78 is 1.69. The van der Waals surface area contributed by atoms with Crippen LogP contribution in [0.25, 0.3) is 11.4 Å². The largest absolute Gasteiger partial charge is 0.871 e. The second kappa shape index (κ2) is 8.41. The van der Waals surface area contributed by atoms with Crippen molar-refractivity contribution in [1.82, 2.24) is 14.3 Å². The Morgan fingerprint density at radius 1 is 1.19 bits per heavy atom. The first-order valence-corrected chi connectivity index (χ1v) is 10.8. The molecule has 0 saturated carbocycles. The maximum atomic E-state index is 13.8. The van der Waals surface area contributed by atoms with Gasteiger partial charge in [-0.3, -0.25) is 9.59 Å². The van der Waals surface area contributed by atoms with Crippen LogP contribution in [-0.4, -0.2) is 53.2 Å². The number of hydrogen-bond donors (Lipinski definition) is 1. The van der Waals surface area contributed by atoms with Crippen molar-refractivity contribution in [2.45, 2.75) is 19.9 Å². The van der Waals surface area contributed by atoms with E-state index in [0.717, 1.165) is 10.5 Å². The van der Waals surface area contributed by atoms with E-state index in [1.54, 1.807) is 41.8 Å². The predicted octanol–water partition coefficient (Wildman–Crippen LogP) is 0.973. The molecule has 8 heteroatoms. The number of carbonyl (C=O) groups excluding carboxylic acids is 2. The number of aryl methyl sites for hydroxylation is 2. The lowest BCUT2D eigenvalue weighted by atomic mass is 9.96. The number of nitrogens with one attached hydrogen (secondary N) is 1. The van der Waals surface area contributed by atoms with Crippen LogP contribution in [0.5, 0.6) is 0 Å². The summed E-state index contributed by atoms with van der Waals surface area (Å²) in [6.45, 7) is 4.62. The quantitative estimate of drug-likeness (QED) is 0.355. The number of halogens is 1. The van der Waals surface area contributed by atoms with Crippen LogP contribution in [-0.2, 0) is 9.59 Å². The summed E-state index contributed by atoms with van der Waals surface area (Å²) in [7, 11) is 3.94. The summed E-state index contributed by atoms with van der Waals surface area (Å²) in [5.74, 6) is -1.92. The van der Waals surface area contributed by atoms with Gasteiger partial charge >= 0.3 is 0 Å². The number of nitrogens with zero attached hydrogens (tertiary/aromatic N) is 3. The Balaban J connectivity index is 1.95. The number of likely N-dealkylation sites (N-methyl/N-ethyl adjacent to an activating group) is 1. The molecule has 1 N–H and O–H groups in total. The first kappa shape index (κ1) is 22.0. The fraction of sp³-hybridized carbons (Fsp3) is 0.292. The van der Waals surface area contributed by atoms with Gasteiger partial charge in [0.05, 0.1) is 44.6 Å². The third-order valence-corrected chi connectivity index (χ3v) is 6.02. The Bertz CT molecular complexity index is 1260. The minimum Gasteiger partial charge on any atom is -0.871 e. The number of hydrogen-bond acceptors (Lipinski definition) is 4. The van der Waals surface area contributed by atoms with Crippen LogP contribution in [0.1, 0.15) is 28.6 Å². The zero-order valence-corrected chi connectivity index (χ0v) is 19.2. The van der Waals surface area contributed by atoms with Gasteiger partial charge in [-0.25, -0.2) is 4.98 Å². The van der Waals surface area contributed by atoms with Crippen LogP contribution in [0.3, 0.4) is 0 Å². The number of fused-ring (bicyclic) bond motifs is 1. The van der Waals surface area contributed by atoms with Gasteiger partial charge in [-0.1, -0.05) is 35.6 Å². The molecular formula is C24H25ClN4O3. The number of amides is 1. The minimum absolute atomic E-state index is 0.0579. The van der Waals surface area contributed by atoms with Gasteiger partial charge in [0.1, 0.15) is 5.65 Å². The Labute approximate surface area is 191 Å². The van der Waals surface area contributed by atoms with Crippen LogP contribution >= 0.6 is 11.6 Å². The van der Waals surface area contributed by atoms with Gasteiger partial charge in [-0.05, 0) is 43.2 Å². The SMILES string of the molecule is Cc1nc2c(C)cccn2c1C([O-])=C1C(=O)C(=O)N(CC[NH+](C)C)C1c1cccc(Cl)c1. The molecule has 0 aliphatic carbocycles. The topological polar surface area (TPSA) is 82.2 Å². The lowest BCUT2D eigenvalue weighted by Crippen LogP contribution is -3.06. The van der Waals surface area contributed by atoms with Crippen molar-refractivity contribution in [3.8, 4) is 0 Å². The van der Waals surface area contributed by atoms with Crippen LogP contribution in [0.2, 0.25) is 5.02 Å². The van der Waals surface area contributed by atoms with Crippen molar-refractivity contribution in [1.29, 1.82) is 0 Å². The molecule has 1 aliphatic rings. The molecular weight excluding hydrogens is 428 g/mol. The molecule has 2 aromatic heterocycles. The molecule has 0 bridgehead atoms. The lowest BCUT2D eigenvalue weighted by Gasteiger charge is -2.27. The highest BCUT2D eigenvalue weighted by Crippen LogP contribution is 2.39. The zero-order valence-electron chi connectivity index (χ0n) is 18.5. The first-order valence-electron chi connectivity index (χ1n) is 10.5. The summed E-state index contributed by atoms with van der Waals surface area (Å²) >= 11 is 6.22. The number of pyridine rings is 1. The molecule has 7 nitrogen and oxygen atoms in total.